The van der Waals surface area contributed by atoms with Crippen LogP contribution in [-0.2, 0) is 6.54 Å². The summed E-state index contributed by atoms with van der Waals surface area (Å²) in [5.74, 6) is 0.474. The Kier molecular flexibility index (Phi) is 3.10. The van der Waals surface area contributed by atoms with Crippen LogP contribution in [0.4, 0.5) is 11.5 Å². The van der Waals surface area contributed by atoms with Crippen molar-refractivity contribution in [2.45, 2.75) is 6.54 Å². The highest BCUT2D eigenvalue weighted by molar-refractivity contribution is 9.10. The van der Waals surface area contributed by atoms with Gasteiger partial charge in [-0.2, -0.15) is 5.10 Å². The van der Waals surface area contributed by atoms with Gasteiger partial charge in [0, 0.05) is 10.5 Å². The summed E-state index contributed by atoms with van der Waals surface area (Å²) < 4.78 is 2.18. The average Bonchev–Trinajstić information content (AvgIpc) is 2.67. The molecule has 1 heterocycles. The second kappa shape index (κ2) is 4.54. The van der Waals surface area contributed by atoms with Gasteiger partial charge in [-0.3, -0.25) is 10.1 Å². The number of nitrogens with two attached hydrogens (primary N) is 1. The highest BCUT2D eigenvalue weighted by Gasteiger charge is 2.15. The van der Waals surface area contributed by atoms with Crippen molar-refractivity contribution in [3.8, 4) is 0 Å². The minimum absolute atomic E-state index is 0.0503. The van der Waals surface area contributed by atoms with Gasteiger partial charge >= 0.3 is 0 Å². The van der Waals surface area contributed by atoms with E-state index in [2.05, 4.69) is 21.0 Å². The first kappa shape index (κ1) is 11.6. The summed E-state index contributed by atoms with van der Waals surface area (Å²) in [6, 6.07) is 6.55. The Labute approximate surface area is 105 Å². The maximum atomic E-state index is 10.9. The van der Waals surface area contributed by atoms with Crippen molar-refractivity contribution in [2.75, 3.05) is 5.73 Å². The van der Waals surface area contributed by atoms with E-state index in [0.29, 0.717) is 15.9 Å². The number of halogens is 1. The van der Waals surface area contributed by atoms with Crippen molar-refractivity contribution in [3.63, 3.8) is 0 Å². The molecule has 2 rings (SSSR count). The summed E-state index contributed by atoms with van der Waals surface area (Å²) >= 11 is 3.21. The summed E-state index contributed by atoms with van der Waals surface area (Å²) in [7, 11) is 0. The highest BCUT2D eigenvalue weighted by atomic mass is 79.9. The first-order valence-corrected chi connectivity index (χ1v) is 5.57. The molecule has 1 aromatic heterocycles. The number of hydrogen-bond acceptors (Lipinski definition) is 4. The molecule has 0 amide bonds. The highest BCUT2D eigenvalue weighted by Crippen LogP contribution is 2.24. The van der Waals surface area contributed by atoms with Crippen LogP contribution in [0.3, 0.4) is 0 Å². The smallest absolute Gasteiger partial charge is 0.275 e. The van der Waals surface area contributed by atoms with Crippen LogP contribution in [0.25, 0.3) is 0 Å². The Morgan fingerprint density at radius 3 is 2.82 bits per heavy atom. The summed E-state index contributed by atoms with van der Waals surface area (Å²) in [6.45, 7) is 0.280. The second-order valence-corrected chi connectivity index (χ2v) is 4.36. The van der Waals surface area contributed by atoms with Crippen LogP contribution in [0.5, 0.6) is 0 Å². The zero-order valence-corrected chi connectivity index (χ0v) is 10.3. The van der Waals surface area contributed by atoms with Crippen LogP contribution in [0.1, 0.15) is 5.56 Å². The number of nitro benzene ring substituents is 1. The number of hydrogen-bond donors (Lipinski definition) is 1. The van der Waals surface area contributed by atoms with Crippen LogP contribution in [0.15, 0.2) is 34.9 Å². The molecule has 0 fully saturated rings. The van der Waals surface area contributed by atoms with Gasteiger partial charge in [0.2, 0.25) is 0 Å². The van der Waals surface area contributed by atoms with Gasteiger partial charge in [0.1, 0.15) is 5.82 Å². The maximum Gasteiger partial charge on any atom is 0.275 e. The van der Waals surface area contributed by atoms with E-state index in [1.54, 1.807) is 24.4 Å². The summed E-state index contributed by atoms with van der Waals surface area (Å²) in [5, 5.41) is 14.9. The molecule has 0 aliphatic heterocycles. The Bertz CT molecular complexity index is 567. The summed E-state index contributed by atoms with van der Waals surface area (Å²) in [5.41, 5.74) is 6.28. The lowest BCUT2D eigenvalue weighted by Gasteiger charge is -2.05. The number of anilines is 1. The molecule has 6 nitrogen and oxygen atoms in total. The van der Waals surface area contributed by atoms with Gasteiger partial charge in [-0.25, -0.2) is 4.68 Å². The van der Waals surface area contributed by atoms with Crippen LogP contribution in [0, 0.1) is 10.1 Å². The number of aromatic nitrogens is 2. The average molecular weight is 297 g/mol. The fraction of sp³-hybridized carbons (Fsp3) is 0.100. The summed E-state index contributed by atoms with van der Waals surface area (Å²) in [4.78, 5) is 10.5. The van der Waals surface area contributed by atoms with Crippen LogP contribution in [-0.4, -0.2) is 14.7 Å². The molecule has 0 atom stereocenters. The molecule has 88 valence electrons. The van der Waals surface area contributed by atoms with Crippen molar-refractivity contribution in [2.24, 2.45) is 0 Å². The van der Waals surface area contributed by atoms with Crippen molar-refractivity contribution < 1.29 is 4.92 Å². The molecule has 2 aromatic rings. The van der Waals surface area contributed by atoms with Gasteiger partial charge in [0.25, 0.3) is 5.69 Å². The van der Waals surface area contributed by atoms with Gasteiger partial charge in [-0.05, 0) is 18.2 Å². The van der Waals surface area contributed by atoms with E-state index in [1.807, 2.05) is 0 Å². The van der Waals surface area contributed by atoms with E-state index in [1.165, 1.54) is 10.7 Å². The Morgan fingerprint density at radius 1 is 1.47 bits per heavy atom. The van der Waals surface area contributed by atoms with Gasteiger partial charge in [0.15, 0.2) is 0 Å². The third kappa shape index (κ3) is 2.44. The lowest BCUT2D eigenvalue weighted by molar-refractivity contribution is -0.385. The number of benzene rings is 1. The van der Waals surface area contributed by atoms with E-state index in [9.17, 15) is 10.1 Å². The number of nitro groups is 1. The SMILES string of the molecule is Nc1ccnn1Cc1ccc(Br)cc1[N+](=O)[O-]. The third-order valence-corrected chi connectivity index (χ3v) is 2.81. The van der Waals surface area contributed by atoms with Crippen molar-refractivity contribution in [1.29, 1.82) is 0 Å². The van der Waals surface area contributed by atoms with E-state index in [-0.39, 0.29) is 12.2 Å². The first-order chi connectivity index (χ1) is 8.08. The van der Waals surface area contributed by atoms with E-state index < -0.39 is 4.92 Å². The van der Waals surface area contributed by atoms with Crippen LogP contribution >= 0.6 is 15.9 Å². The van der Waals surface area contributed by atoms with Gasteiger partial charge in [0.05, 0.1) is 23.2 Å². The molecule has 0 spiro atoms. The number of nitrogen functional groups attached to an aromatic ring is 1. The molecule has 17 heavy (non-hydrogen) atoms. The predicted octanol–water partition coefficient (Wildman–Crippen LogP) is 2.18. The molecule has 0 radical (unpaired) electrons. The molecule has 2 N–H and O–H groups in total. The molecule has 7 heteroatoms. The third-order valence-electron chi connectivity index (χ3n) is 2.31. The Balaban J connectivity index is 2.39. The van der Waals surface area contributed by atoms with Gasteiger partial charge in [-0.15, -0.1) is 0 Å². The van der Waals surface area contributed by atoms with E-state index in [0.717, 1.165) is 0 Å². The topological polar surface area (TPSA) is 87.0 Å². The number of rotatable bonds is 3. The monoisotopic (exact) mass is 296 g/mol. The zero-order chi connectivity index (χ0) is 12.4. The van der Waals surface area contributed by atoms with Crippen molar-refractivity contribution in [3.05, 3.63) is 50.6 Å². The molecule has 0 aliphatic rings. The van der Waals surface area contributed by atoms with Crippen LogP contribution < -0.4 is 5.73 Å². The van der Waals surface area contributed by atoms with Crippen molar-refractivity contribution in [1.82, 2.24) is 9.78 Å². The Hall–Kier alpha value is -1.89. The van der Waals surface area contributed by atoms with Gasteiger partial charge in [-0.1, -0.05) is 15.9 Å². The minimum Gasteiger partial charge on any atom is -0.384 e. The summed E-state index contributed by atoms with van der Waals surface area (Å²) in [6.07, 6.45) is 1.56. The quantitative estimate of drug-likeness (QED) is 0.695. The lowest BCUT2D eigenvalue weighted by atomic mass is 10.2. The fourth-order valence-corrected chi connectivity index (χ4v) is 1.83. The van der Waals surface area contributed by atoms with E-state index in [4.69, 9.17) is 5.73 Å². The molecule has 0 saturated carbocycles. The largest absolute Gasteiger partial charge is 0.384 e. The Morgan fingerprint density at radius 2 is 2.24 bits per heavy atom. The van der Waals surface area contributed by atoms with Crippen molar-refractivity contribution >= 4 is 27.4 Å². The fourth-order valence-electron chi connectivity index (χ4n) is 1.48. The molecule has 0 aliphatic carbocycles. The molecular formula is C10H9BrN4O2. The molecular weight excluding hydrogens is 288 g/mol. The standard InChI is InChI=1S/C10H9BrN4O2/c11-8-2-1-7(9(5-8)15(16)17)6-14-10(12)3-4-13-14/h1-5H,6,12H2. The molecule has 1 aromatic carbocycles. The van der Waals surface area contributed by atoms with Crippen LogP contribution in [0.2, 0.25) is 0 Å². The predicted molar refractivity (Wildman–Crippen MR) is 66.5 cm³/mol. The maximum absolute atomic E-state index is 10.9. The number of nitrogens with zero attached hydrogens (tertiary/aromatic N) is 3. The normalized spacial score (nSPS) is 10.4. The second-order valence-electron chi connectivity index (χ2n) is 3.44. The minimum atomic E-state index is -0.417. The molecule has 0 unspecified atom stereocenters. The lowest BCUT2D eigenvalue weighted by Crippen LogP contribution is -2.07. The van der Waals surface area contributed by atoms with E-state index >= 15 is 0 Å². The zero-order valence-electron chi connectivity index (χ0n) is 8.71. The molecule has 0 saturated heterocycles. The molecule has 0 bridgehead atoms. The first-order valence-electron chi connectivity index (χ1n) is 4.78. The van der Waals surface area contributed by atoms with Gasteiger partial charge < -0.3 is 5.73 Å².